The zero-order valence-corrected chi connectivity index (χ0v) is 18.9. The lowest BCUT2D eigenvalue weighted by Crippen LogP contribution is -2.27. The van der Waals surface area contributed by atoms with Crippen LogP contribution in [0.5, 0.6) is 0 Å². The van der Waals surface area contributed by atoms with E-state index in [4.69, 9.17) is 0 Å². The van der Waals surface area contributed by atoms with Crippen LogP contribution in [0.25, 0.3) is 10.3 Å². The summed E-state index contributed by atoms with van der Waals surface area (Å²) < 4.78 is 27.0. The van der Waals surface area contributed by atoms with E-state index in [2.05, 4.69) is 30.6 Å². The fourth-order valence-electron chi connectivity index (χ4n) is 3.54. The molecule has 1 aliphatic rings. The van der Waals surface area contributed by atoms with E-state index < -0.39 is 10.0 Å². The summed E-state index contributed by atoms with van der Waals surface area (Å²) in [5.41, 5.74) is 2.36. The summed E-state index contributed by atoms with van der Waals surface area (Å²) in [5, 5.41) is 7.12. The smallest absolute Gasteiger partial charge is 0.243 e. The number of fused-ring (bicyclic) bond motifs is 1. The van der Waals surface area contributed by atoms with Gasteiger partial charge in [-0.3, -0.25) is 0 Å². The zero-order chi connectivity index (χ0) is 22.1. The van der Waals surface area contributed by atoms with Gasteiger partial charge >= 0.3 is 0 Å². The minimum absolute atomic E-state index is 0.295. The molecule has 32 heavy (non-hydrogen) atoms. The van der Waals surface area contributed by atoms with E-state index in [-0.39, 0.29) is 0 Å². The van der Waals surface area contributed by atoms with Gasteiger partial charge in [-0.2, -0.15) is 4.31 Å². The van der Waals surface area contributed by atoms with E-state index in [0.717, 1.165) is 29.1 Å². The highest BCUT2D eigenvalue weighted by molar-refractivity contribution is 7.89. The van der Waals surface area contributed by atoms with Gasteiger partial charge < -0.3 is 10.6 Å². The van der Waals surface area contributed by atoms with Crippen molar-refractivity contribution in [1.29, 1.82) is 0 Å². The van der Waals surface area contributed by atoms with Crippen LogP contribution in [0.15, 0.2) is 53.8 Å². The summed E-state index contributed by atoms with van der Waals surface area (Å²) in [5.74, 6) is 1.29. The van der Waals surface area contributed by atoms with E-state index in [9.17, 15) is 8.42 Å². The molecule has 0 spiro atoms. The molecule has 9 nitrogen and oxygen atoms in total. The molecule has 2 N–H and O–H groups in total. The molecule has 5 rings (SSSR count). The van der Waals surface area contributed by atoms with Crippen molar-refractivity contribution in [2.75, 3.05) is 23.7 Å². The summed E-state index contributed by atoms with van der Waals surface area (Å²) in [6, 6.07) is 10.6. The molecule has 0 unspecified atom stereocenters. The summed E-state index contributed by atoms with van der Waals surface area (Å²) >= 11 is 1.41. The lowest BCUT2D eigenvalue weighted by Gasteiger charge is -2.15. The molecule has 4 aromatic rings. The van der Waals surface area contributed by atoms with Crippen molar-refractivity contribution in [2.24, 2.45) is 0 Å². The third-order valence-corrected chi connectivity index (χ3v) is 8.04. The molecule has 4 heterocycles. The van der Waals surface area contributed by atoms with Crippen LogP contribution in [0.3, 0.4) is 0 Å². The van der Waals surface area contributed by atoms with Gasteiger partial charge in [0.1, 0.15) is 17.7 Å². The first kappa shape index (κ1) is 20.7. The molecule has 0 atom stereocenters. The molecule has 3 aromatic heterocycles. The highest BCUT2D eigenvalue weighted by Gasteiger charge is 2.27. The van der Waals surface area contributed by atoms with Gasteiger partial charge in [0.25, 0.3) is 0 Å². The Morgan fingerprint density at radius 1 is 0.969 bits per heavy atom. The number of sulfonamides is 1. The maximum absolute atomic E-state index is 12.7. The molecule has 1 aliphatic heterocycles. The summed E-state index contributed by atoms with van der Waals surface area (Å²) in [6.07, 6.45) is 5.02. The van der Waals surface area contributed by atoms with Gasteiger partial charge in [-0.15, -0.1) is 0 Å². The van der Waals surface area contributed by atoms with Crippen molar-refractivity contribution in [1.82, 2.24) is 24.2 Å². The van der Waals surface area contributed by atoms with E-state index in [1.807, 2.05) is 19.1 Å². The van der Waals surface area contributed by atoms with E-state index in [0.29, 0.717) is 40.1 Å². The molecule has 0 radical (unpaired) electrons. The van der Waals surface area contributed by atoms with Crippen LogP contribution in [-0.2, 0) is 10.0 Å². The molecular formula is C21H21N7O2S2. The Morgan fingerprint density at radius 2 is 1.75 bits per heavy atom. The number of hydrogen-bond acceptors (Lipinski definition) is 9. The summed E-state index contributed by atoms with van der Waals surface area (Å²) in [6.45, 7) is 3.14. The topological polar surface area (TPSA) is 113 Å². The standard InChI is InChI=1S/C21H21N7O2S2/c1-14-5-4-10-22-18(14)27-21-26-17-19(23-13-24-20(17)31-21)25-15-6-8-16(9-7-15)32(29,30)28-11-2-3-12-28/h4-10,13H,2-3,11-12H2,1H3,(H,22,26,27)(H,23,24,25). The van der Waals surface area contributed by atoms with Gasteiger partial charge in [-0.25, -0.2) is 28.4 Å². The molecule has 164 valence electrons. The van der Waals surface area contributed by atoms with Crippen molar-refractivity contribution in [3.05, 3.63) is 54.5 Å². The lowest BCUT2D eigenvalue weighted by molar-refractivity contribution is 0.477. The number of thiazole rings is 1. The number of nitrogens with one attached hydrogen (secondary N) is 2. The highest BCUT2D eigenvalue weighted by Crippen LogP contribution is 2.31. The average molecular weight is 468 g/mol. The molecule has 0 aliphatic carbocycles. The van der Waals surface area contributed by atoms with Crippen molar-refractivity contribution in [3.8, 4) is 0 Å². The van der Waals surface area contributed by atoms with Crippen molar-refractivity contribution >= 4 is 54.2 Å². The third-order valence-electron chi connectivity index (χ3n) is 5.25. The van der Waals surface area contributed by atoms with E-state index in [1.54, 1.807) is 30.5 Å². The first-order chi connectivity index (χ1) is 15.5. The minimum atomic E-state index is -3.44. The van der Waals surface area contributed by atoms with Crippen LogP contribution in [0, 0.1) is 6.92 Å². The van der Waals surface area contributed by atoms with Gasteiger partial charge in [0.2, 0.25) is 10.0 Å². The molecular weight excluding hydrogens is 446 g/mol. The van der Waals surface area contributed by atoms with Crippen molar-refractivity contribution < 1.29 is 8.42 Å². The van der Waals surface area contributed by atoms with Gasteiger partial charge in [-0.05, 0) is 55.7 Å². The third kappa shape index (κ3) is 4.01. The second-order valence-corrected chi connectivity index (χ2v) is 10.4. The second kappa shape index (κ2) is 8.41. The van der Waals surface area contributed by atoms with E-state index in [1.165, 1.54) is 22.0 Å². The van der Waals surface area contributed by atoms with Crippen LogP contribution in [-0.4, -0.2) is 45.7 Å². The molecule has 0 saturated carbocycles. The Hall–Kier alpha value is -3.15. The summed E-state index contributed by atoms with van der Waals surface area (Å²) in [7, 11) is -3.44. The van der Waals surface area contributed by atoms with Crippen LogP contribution < -0.4 is 10.6 Å². The SMILES string of the molecule is Cc1cccnc1Nc1nc2c(Nc3ccc(S(=O)(=O)N4CCCC4)cc3)ncnc2s1. The quantitative estimate of drug-likeness (QED) is 0.436. The maximum atomic E-state index is 12.7. The number of hydrogen-bond donors (Lipinski definition) is 2. The first-order valence-corrected chi connectivity index (χ1v) is 12.4. The van der Waals surface area contributed by atoms with Gasteiger partial charge in [-0.1, -0.05) is 17.4 Å². The lowest BCUT2D eigenvalue weighted by atomic mass is 10.3. The van der Waals surface area contributed by atoms with Crippen molar-refractivity contribution in [2.45, 2.75) is 24.7 Å². The number of pyridine rings is 1. The molecule has 11 heteroatoms. The van der Waals surface area contributed by atoms with Crippen LogP contribution in [0.2, 0.25) is 0 Å². The molecule has 0 amide bonds. The average Bonchev–Trinajstić information content (AvgIpc) is 3.47. The van der Waals surface area contributed by atoms with Gasteiger partial charge in [0.05, 0.1) is 4.90 Å². The van der Waals surface area contributed by atoms with Crippen molar-refractivity contribution in [3.63, 3.8) is 0 Å². The van der Waals surface area contributed by atoms with Gasteiger partial charge in [0.15, 0.2) is 15.8 Å². The number of anilines is 4. The predicted octanol–water partition coefficient (Wildman–Crippen LogP) is 4.06. The van der Waals surface area contributed by atoms with Crippen LogP contribution in [0.1, 0.15) is 18.4 Å². The molecule has 1 fully saturated rings. The predicted molar refractivity (Wildman–Crippen MR) is 125 cm³/mol. The summed E-state index contributed by atoms with van der Waals surface area (Å²) in [4.78, 5) is 18.6. The highest BCUT2D eigenvalue weighted by atomic mass is 32.2. The first-order valence-electron chi connectivity index (χ1n) is 10.2. The van der Waals surface area contributed by atoms with E-state index >= 15 is 0 Å². The fourth-order valence-corrected chi connectivity index (χ4v) is 5.86. The Balaban J connectivity index is 1.38. The molecule has 1 aromatic carbocycles. The maximum Gasteiger partial charge on any atom is 0.243 e. The minimum Gasteiger partial charge on any atom is -0.338 e. The number of benzene rings is 1. The normalized spacial score (nSPS) is 14.7. The number of rotatable bonds is 6. The Morgan fingerprint density at radius 3 is 2.50 bits per heavy atom. The number of aromatic nitrogens is 4. The van der Waals surface area contributed by atoms with Crippen LogP contribution >= 0.6 is 11.3 Å². The van der Waals surface area contributed by atoms with Gasteiger partial charge in [0, 0.05) is 25.0 Å². The van der Waals surface area contributed by atoms with Crippen LogP contribution in [0.4, 0.5) is 22.5 Å². The monoisotopic (exact) mass is 467 g/mol. The Bertz CT molecular complexity index is 1360. The zero-order valence-electron chi connectivity index (χ0n) is 17.3. The second-order valence-electron chi connectivity index (χ2n) is 7.45. The Labute approximate surface area is 189 Å². The number of aryl methyl sites for hydroxylation is 1. The fraction of sp³-hybridized carbons (Fsp3) is 0.238. The Kier molecular flexibility index (Phi) is 5.45. The largest absolute Gasteiger partial charge is 0.338 e. The number of nitrogens with zero attached hydrogens (tertiary/aromatic N) is 5. The molecule has 0 bridgehead atoms. The molecule has 1 saturated heterocycles.